The molecule has 0 saturated heterocycles. The molecule has 76 valence electrons. The Bertz CT molecular complexity index is 184. The van der Waals surface area contributed by atoms with E-state index < -0.39 is 11.4 Å². The van der Waals surface area contributed by atoms with Crippen LogP contribution in [0.1, 0.15) is 13.8 Å². The van der Waals surface area contributed by atoms with Crippen molar-refractivity contribution in [1.29, 1.82) is 0 Å². The Hall–Kier alpha value is -1.03. The van der Waals surface area contributed by atoms with Crippen LogP contribution >= 0.6 is 0 Å². The number of esters is 1. The molecule has 4 heteroatoms. The van der Waals surface area contributed by atoms with Crippen molar-refractivity contribution in [2.45, 2.75) is 13.8 Å². The molecule has 0 aliphatic carbocycles. The van der Waals surface area contributed by atoms with E-state index in [0.717, 1.165) is 0 Å². The monoisotopic (exact) mass is 188 g/mol. The molecule has 0 spiro atoms. The summed E-state index contributed by atoms with van der Waals surface area (Å²) in [5.74, 6) is -0.469. The number of hydrogen-bond donors (Lipinski definition) is 1. The van der Waals surface area contributed by atoms with E-state index in [-0.39, 0.29) is 13.2 Å². The third kappa shape index (κ3) is 6.16. The number of methoxy groups -OCH3 is 1. The van der Waals surface area contributed by atoms with Gasteiger partial charge in [-0.3, -0.25) is 0 Å². The third-order valence-corrected chi connectivity index (χ3v) is 1.37. The number of carbonyl (C=O) groups is 1. The second-order valence-corrected chi connectivity index (χ2v) is 3.47. The molecular weight excluding hydrogens is 172 g/mol. The second-order valence-electron chi connectivity index (χ2n) is 3.47. The van der Waals surface area contributed by atoms with Crippen molar-refractivity contribution in [1.82, 2.24) is 0 Å². The first-order chi connectivity index (χ1) is 6.02. The van der Waals surface area contributed by atoms with E-state index in [1.807, 2.05) is 0 Å². The molecule has 0 amide bonds. The van der Waals surface area contributed by atoms with Gasteiger partial charge in [0.15, 0.2) is 0 Å². The molecule has 0 fully saturated rings. The van der Waals surface area contributed by atoms with Crippen LogP contribution in [0.2, 0.25) is 0 Å². The topological polar surface area (TPSA) is 55.8 Å². The maximum atomic E-state index is 10.9. The lowest BCUT2D eigenvalue weighted by molar-refractivity contribution is -0.141. The van der Waals surface area contributed by atoms with Gasteiger partial charge in [-0.05, 0) is 0 Å². The molecule has 0 saturated carbocycles. The first-order valence-corrected chi connectivity index (χ1v) is 3.99. The summed E-state index contributed by atoms with van der Waals surface area (Å²) in [5.41, 5.74) is -0.392. The quantitative estimate of drug-likeness (QED) is 0.392. The highest BCUT2D eigenvalue weighted by Gasteiger charge is 2.18. The van der Waals surface area contributed by atoms with Gasteiger partial charge in [0.2, 0.25) is 0 Å². The lowest BCUT2D eigenvalue weighted by atomic mass is 9.97. The van der Waals surface area contributed by atoms with Gasteiger partial charge in [0.25, 0.3) is 0 Å². The van der Waals surface area contributed by atoms with Crippen molar-refractivity contribution in [3.05, 3.63) is 12.3 Å². The predicted molar refractivity (Wildman–Crippen MR) is 48.0 cm³/mol. The fourth-order valence-electron chi connectivity index (χ4n) is 0.484. The van der Waals surface area contributed by atoms with Crippen LogP contribution in [0.4, 0.5) is 0 Å². The first kappa shape index (κ1) is 12.0. The molecule has 0 atom stereocenters. The highest BCUT2D eigenvalue weighted by atomic mass is 16.5. The SMILES string of the molecule is COC=CC(=O)OCC(C)(C)CO. The van der Waals surface area contributed by atoms with Crippen molar-refractivity contribution < 1.29 is 19.4 Å². The Balaban J connectivity index is 3.76. The van der Waals surface area contributed by atoms with Gasteiger partial charge >= 0.3 is 5.97 Å². The molecule has 0 radical (unpaired) electrons. The molecule has 0 aliphatic heterocycles. The molecule has 0 aromatic carbocycles. The molecule has 0 heterocycles. The molecular formula is C9H16O4. The molecule has 0 unspecified atom stereocenters. The maximum Gasteiger partial charge on any atom is 0.333 e. The van der Waals surface area contributed by atoms with E-state index in [1.165, 1.54) is 19.4 Å². The molecule has 0 bridgehead atoms. The number of rotatable bonds is 5. The highest BCUT2D eigenvalue weighted by Crippen LogP contribution is 2.13. The molecule has 0 aromatic heterocycles. The van der Waals surface area contributed by atoms with E-state index in [4.69, 9.17) is 9.84 Å². The molecule has 0 aromatic rings. The maximum absolute atomic E-state index is 10.9. The number of aliphatic hydroxyl groups is 1. The van der Waals surface area contributed by atoms with Crippen molar-refractivity contribution in [3.8, 4) is 0 Å². The number of carbonyl (C=O) groups excluding carboxylic acids is 1. The van der Waals surface area contributed by atoms with E-state index in [0.29, 0.717) is 0 Å². The number of ether oxygens (including phenoxy) is 2. The van der Waals surface area contributed by atoms with Gasteiger partial charge < -0.3 is 14.6 Å². The van der Waals surface area contributed by atoms with Crippen LogP contribution in [-0.2, 0) is 14.3 Å². The zero-order valence-electron chi connectivity index (χ0n) is 8.24. The van der Waals surface area contributed by atoms with Gasteiger partial charge in [-0.1, -0.05) is 13.8 Å². The average molecular weight is 188 g/mol. The van der Waals surface area contributed by atoms with E-state index in [1.54, 1.807) is 13.8 Å². The Morgan fingerprint density at radius 2 is 2.15 bits per heavy atom. The smallest absolute Gasteiger partial charge is 0.333 e. The highest BCUT2D eigenvalue weighted by molar-refractivity contribution is 5.81. The zero-order chi connectivity index (χ0) is 10.3. The minimum Gasteiger partial charge on any atom is -0.504 e. The van der Waals surface area contributed by atoms with Crippen LogP contribution in [0.3, 0.4) is 0 Å². The Morgan fingerprint density at radius 3 is 2.62 bits per heavy atom. The molecule has 13 heavy (non-hydrogen) atoms. The summed E-state index contributed by atoms with van der Waals surface area (Å²) in [7, 11) is 1.45. The summed E-state index contributed by atoms with van der Waals surface area (Å²) >= 11 is 0. The van der Waals surface area contributed by atoms with Crippen molar-refractivity contribution >= 4 is 5.97 Å². The number of aliphatic hydroxyl groups excluding tert-OH is 1. The van der Waals surface area contributed by atoms with Crippen LogP contribution in [0.25, 0.3) is 0 Å². The summed E-state index contributed by atoms with van der Waals surface area (Å²) < 4.78 is 9.37. The van der Waals surface area contributed by atoms with Crippen molar-refractivity contribution in [2.75, 3.05) is 20.3 Å². The Labute approximate surface area is 78.2 Å². The van der Waals surface area contributed by atoms with Crippen LogP contribution < -0.4 is 0 Å². The molecule has 4 nitrogen and oxygen atoms in total. The van der Waals surface area contributed by atoms with Gasteiger partial charge in [-0.15, -0.1) is 0 Å². The summed E-state index contributed by atoms with van der Waals surface area (Å²) in [5, 5.41) is 8.85. The van der Waals surface area contributed by atoms with Crippen LogP contribution in [0.15, 0.2) is 12.3 Å². The van der Waals surface area contributed by atoms with Gasteiger partial charge in [0.05, 0.1) is 32.7 Å². The van der Waals surface area contributed by atoms with E-state index in [2.05, 4.69) is 4.74 Å². The summed E-state index contributed by atoms with van der Waals surface area (Å²) in [6.45, 7) is 3.78. The summed E-state index contributed by atoms with van der Waals surface area (Å²) in [6, 6.07) is 0. The van der Waals surface area contributed by atoms with E-state index in [9.17, 15) is 4.79 Å². The molecule has 0 rings (SSSR count). The van der Waals surface area contributed by atoms with Crippen LogP contribution in [-0.4, -0.2) is 31.4 Å². The van der Waals surface area contributed by atoms with Crippen molar-refractivity contribution in [3.63, 3.8) is 0 Å². The standard InChI is InChI=1S/C9H16O4/c1-9(2,6-10)7-13-8(11)4-5-12-3/h4-5,10H,6-7H2,1-3H3. The minimum atomic E-state index is -0.469. The van der Waals surface area contributed by atoms with Gasteiger partial charge in [0.1, 0.15) is 0 Å². The first-order valence-electron chi connectivity index (χ1n) is 3.99. The third-order valence-electron chi connectivity index (χ3n) is 1.37. The predicted octanol–water partition coefficient (Wildman–Crippen LogP) is 0.708. The normalized spacial score (nSPS) is 11.7. The fraction of sp³-hybridized carbons (Fsp3) is 0.667. The lowest BCUT2D eigenvalue weighted by Gasteiger charge is -2.20. The average Bonchev–Trinajstić information content (AvgIpc) is 2.11. The van der Waals surface area contributed by atoms with Crippen LogP contribution in [0.5, 0.6) is 0 Å². The molecule has 0 aliphatic rings. The lowest BCUT2D eigenvalue weighted by Crippen LogP contribution is -2.25. The minimum absolute atomic E-state index is 0.0196. The zero-order valence-corrected chi connectivity index (χ0v) is 8.24. The van der Waals surface area contributed by atoms with Gasteiger partial charge in [0, 0.05) is 5.41 Å². The summed E-state index contributed by atoms with van der Waals surface area (Å²) in [6.07, 6.45) is 2.43. The number of hydrogen-bond acceptors (Lipinski definition) is 4. The Kier molecular flexibility index (Phi) is 5.14. The Morgan fingerprint density at radius 1 is 1.54 bits per heavy atom. The van der Waals surface area contributed by atoms with Crippen molar-refractivity contribution in [2.24, 2.45) is 5.41 Å². The molecule has 1 N–H and O–H groups in total. The fourth-order valence-corrected chi connectivity index (χ4v) is 0.484. The van der Waals surface area contributed by atoms with Gasteiger partial charge in [-0.2, -0.15) is 0 Å². The van der Waals surface area contributed by atoms with E-state index >= 15 is 0 Å². The van der Waals surface area contributed by atoms with Crippen LogP contribution in [0, 0.1) is 5.41 Å². The largest absolute Gasteiger partial charge is 0.504 e. The summed E-state index contributed by atoms with van der Waals surface area (Å²) in [4.78, 5) is 10.9. The van der Waals surface area contributed by atoms with Gasteiger partial charge in [-0.25, -0.2) is 4.79 Å². The second kappa shape index (κ2) is 5.59.